The van der Waals surface area contributed by atoms with Crippen LogP contribution in [0.5, 0.6) is 0 Å². The Morgan fingerprint density at radius 3 is 2.62 bits per heavy atom. The van der Waals surface area contributed by atoms with Crippen LogP contribution in [0.2, 0.25) is 0 Å². The predicted octanol–water partition coefficient (Wildman–Crippen LogP) is 4.79. The summed E-state index contributed by atoms with van der Waals surface area (Å²) in [5.74, 6) is 0.0976. The highest BCUT2D eigenvalue weighted by molar-refractivity contribution is 9.10. The van der Waals surface area contributed by atoms with E-state index in [0.717, 1.165) is 28.6 Å². The number of carbonyl (C=O) groups excluding carboxylic acids is 1. The Bertz CT molecular complexity index is 729. The van der Waals surface area contributed by atoms with E-state index in [9.17, 15) is 9.18 Å². The summed E-state index contributed by atoms with van der Waals surface area (Å²) < 4.78 is 14.6. The maximum absolute atomic E-state index is 13.8. The van der Waals surface area contributed by atoms with Crippen LogP contribution in [0, 0.1) is 11.7 Å². The number of hydrogen-bond donors (Lipinski definition) is 2. The van der Waals surface area contributed by atoms with Gasteiger partial charge < -0.3 is 10.6 Å². The number of halogens is 2. The van der Waals surface area contributed by atoms with Crippen molar-refractivity contribution >= 4 is 27.5 Å². The van der Waals surface area contributed by atoms with E-state index in [-0.39, 0.29) is 23.7 Å². The summed E-state index contributed by atoms with van der Waals surface area (Å²) in [6.45, 7) is 2.49. The van der Waals surface area contributed by atoms with E-state index in [1.165, 1.54) is 6.07 Å². The second-order valence-electron chi connectivity index (χ2n) is 6.22. The molecule has 1 aliphatic rings. The summed E-state index contributed by atoms with van der Waals surface area (Å²) in [5, 5.41) is 6.25. The first-order chi connectivity index (χ1) is 11.5. The maximum Gasteiger partial charge on any atom is 0.227 e. The Labute approximate surface area is 149 Å². The Morgan fingerprint density at radius 2 is 1.96 bits per heavy atom. The number of nitrogens with one attached hydrogen (secondary N) is 2. The molecule has 2 N–H and O–H groups in total. The van der Waals surface area contributed by atoms with Gasteiger partial charge in [0.05, 0.1) is 0 Å². The Kier molecular flexibility index (Phi) is 5.31. The van der Waals surface area contributed by atoms with Gasteiger partial charge >= 0.3 is 0 Å². The number of amides is 1. The molecule has 1 fully saturated rings. The van der Waals surface area contributed by atoms with Gasteiger partial charge in [0.15, 0.2) is 0 Å². The van der Waals surface area contributed by atoms with Crippen LogP contribution >= 0.6 is 15.9 Å². The molecule has 0 bridgehead atoms. The van der Waals surface area contributed by atoms with Gasteiger partial charge in [0.25, 0.3) is 0 Å². The minimum atomic E-state index is -0.212. The second kappa shape index (κ2) is 7.45. The van der Waals surface area contributed by atoms with Crippen LogP contribution in [0.25, 0.3) is 0 Å². The number of anilines is 1. The van der Waals surface area contributed by atoms with E-state index >= 15 is 0 Å². The van der Waals surface area contributed by atoms with Gasteiger partial charge in [-0.1, -0.05) is 28.1 Å². The predicted molar refractivity (Wildman–Crippen MR) is 97.2 cm³/mol. The monoisotopic (exact) mass is 390 g/mol. The van der Waals surface area contributed by atoms with Crippen LogP contribution in [0.4, 0.5) is 10.1 Å². The summed E-state index contributed by atoms with van der Waals surface area (Å²) in [5.41, 5.74) is 2.54. The molecule has 1 saturated carbocycles. The molecule has 0 unspecified atom stereocenters. The van der Waals surface area contributed by atoms with Gasteiger partial charge in [0.2, 0.25) is 5.91 Å². The molecule has 0 aromatic heterocycles. The Balaban J connectivity index is 1.57. The zero-order chi connectivity index (χ0) is 17.1. The molecule has 0 radical (unpaired) electrons. The van der Waals surface area contributed by atoms with E-state index in [2.05, 4.69) is 26.6 Å². The summed E-state index contributed by atoms with van der Waals surface area (Å²) in [7, 11) is 0. The molecule has 24 heavy (non-hydrogen) atoms. The first kappa shape index (κ1) is 17.1. The molecule has 0 aliphatic heterocycles. The van der Waals surface area contributed by atoms with Gasteiger partial charge in [-0.3, -0.25) is 4.79 Å². The van der Waals surface area contributed by atoms with Crippen molar-refractivity contribution in [2.45, 2.75) is 32.4 Å². The van der Waals surface area contributed by atoms with Crippen molar-refractivity contribution in [3.8, 4) is 0 Å². The van der Waals surface area contributed by atoms with E-state index in [0.29, 0.717) is 12.1 Å². The third kappa shape index (κ3) is 4.42. The van der Waals surface area contributed by atoms with Gasteiger partial charge in [-0.05, 0) is 55.7 Å². The van der Waals surface area contributed by atoms with Crippen LogP contribution in [-0.2, 0) is 11.3 Å². The largest absolute Gasteiger partial charge is 0.326 e. The first-order valence-electron chi connectivity index (χ1n) is 8.11. The summed E-state index contributed by atoms with van der Waals surface area (Å²) in [6.07, 6.45) is 1.99. The van der Waals surface area contributed by atoms with Crippen molar-refractivity contribution in [1.29, 1.82) is 0 Å². The SMILES string of the molecule is C[C@@H](NCc1cc(Br)ccc1F)c1ccc(NC(=O)C2CC2)cc1. The Hall–Kier alpha value is -1.72. The van der Waals surface area contributed by atoms with Crippen molar-refractivity contribution in [2.24, 2.45) is 5.92 Å². The van der Waals surface area contributed by atoms with Crippen molar-refractivity contribution in [1.82, 2.24) is 5.32 Å². The van der Waals surface area contributed by atoms with Gasteiger partial charge in [0, 0.05) is 34.2 Å². The lowest BCUT2D eigenvalue weighted by atomic mass is 10.1. The molecular weight excluding hydrogens is 371 g/mol. The standard InChI is InChI=1S/C19H20BrFN2O/c1-12(22-11-15-10-16(20)6-9-18(15)21)13-4-7-17(8-5-13)23-19(24)14-2-3-14/h4-10,12,14,22H,2-3,11H2,1H3,(H,23,24)/t12-/m1/s1. The number of hydrogen-bond acceptors (Lipinski definition) is 2. The highest BCUT2D eigenvalue weighted by Crippen LogP contribution is 2.30. The summed E-state index contributed by atoms with van der Waals surface area (Å²) in [6, 6.07) is 12.8. The third-order valence-electron chi connectivity index (χ3n) is 4.23. The molecule has 1 amide bonds. The quantitative estimate of drug-likeness (QED) is 0.744. The highest BCUT2D eigenvalue weighted by Gasteiger charge is 2.29. The molecule has 3 nitrogen and oxygen atoms in total. The lowest BCUT2D eigenvalue weighted by Crippen LogP contribution is -2.19. The normalized spacial score (nSPS) is 15.1. The summed E-state index contributed by atoms with van der Waals surface area (Å²) in [4.78, 5) is 11.7. The highest BCUT2D eigenvalue weighted by atomic mass is 79.9. The molecule has 5 heteroatoms. The zero-order valence-electron chi connectivity index (χ0n) is 13.5. The van der Waals surface area contributed by atoms with E-state index in [1.54, 1.807) is 12.1 Å². The number of rotatable bonds is 6. The average Bonchev–Trinajstić information content (AvgIpc) is 3.41. The van der Waals surface area contributed by atoms with Crippen molar-refractivity contribution in [2.75, 3.05) is 5.32 Å². The van der Waals surface area contributed by atoms with Crippen molar-refractivity contribution in [3.05, 3.63) is 63.9 Å². The fourth-order valence-electron chi connectivity index (χ4n) is 2.50. The van der Waals surface area contributed by atoms with Gasteiger partial charge in [0.1, 0.15) is 5.82 Å². The molecule has 0 heterocycles. The van der Waals surface area contributed by atoms with E-state index in [4.69, 9.17) is 0 Å². The first-order valence-corrected chi connectivity index (χ1v) is 8.90. The third-order valence-corrected chi connectivity index (χ3v) is 4.73. The number of carbonyl (C=O) groups is 1. The fourth-order valence-corrected chi connectivity index (χ4v) is 2.91. The maximum atomic E-state index is 13.8. The Morgan fingerprint density at radius 1 is 1.25 bits per heavy atom. The van der Waals surface area contributed by atoms with E-state index < -0.39 is 0 Å². The zero-order valence-corrected chi connectivity index (χ0v) is 15.1. The van der Waals surface area contributed by atoms with Crippen molar-refractivity contribution < 1.29 is 9.18 Å². The summed E-state index contributed by atoms with van der Waals surface area (Å²) >= 11 is 3.36. The number of benzene rings is 2. The van der Waals surface area contributed by atoms with Crippen LogP contribution in [0.1, 0.15) is 36.9 Å². The molecule has 2 aromatic rings. The molecule has 2 aromatic carbocycles. The second-order valence-corrected chi connectivity index (χ2v) is 7.14. The fraction of sp³-hybridized carbons (Fsp3) is 0.316. The van der Waals surface area contributed by atoms with Crippen LogP contribution in [0.3, 0.4) is 0 Å². The van der Waals surface area contributed by atoms with Crippen LogP contribution < -0.4 is 10.6 Å². The molecule has 3 rings (SSSR count). The van der Waals surface area contributed by atoms with Gasteiger partial charge in [-0.25, -0.2) is 4.39 Å². The lowest BCUT2D eigenvalue weighted by molar-refractivity contribution is -0.117. The van der Waals surface area contributed by atoms with Crippen LogP contribution in [-0.4, -0.2) is 5.91 Å². The molecule has 126 valence electrons. The lowest BCUT2D eigenvalue weighted by Gasteiger charge is -2.15. The molecule has 0 spiro atoms. The smallest absolute Gasteiger partial charge is 0.227 e. The molecule has 1 aliphatic carbocycles. The van der Waals surface area contributed by atoms with Gasteiger partial charge in [-0.15, -0.1) is 0 Å². The molecular formula is C19H20BrFN2O. The van der Waals surface area contributed by atoms with Crippen molar-refractivity contribution in [3.63, 3.8) is 0 Å². The minimum absolute atomic E-state index is 0.0802. The van der Waals surface area contributed by atoms with E-state index in [1.807, 2.05) is 31.2 Å². The van der Waals surface area contributed by atoms with Gasteiger partial charge in [-0.2, -0.15) is 0 Å². The molecule has 1 atom stereocenters. The molecule has 0 saturated heterocycles. The average molecular weight is 391 g/mol. The van der Waals surface area contributed by atoms with Crippen LogP contribution in [0.15, 0.2) is 46.9 Å². The topological polar surface area (TPSA) is 41.1 Å². The minimum Gasteiger partial charge on any atom is -0.326 e.